The molecule has 0 saturated heterocycles. The van der Waals surface area contributed by atoms with Crippen LogP contribution >= 0.6 is 0 Å². The first-order valence-electron chi connectivity index (χ1n) is 1.99. The molecule has 0 heterocycles. The molecule has 0 aliphatic heterocycles. The molecule has 0 aromatic carbocycles. The second-order valence-electron chi connectivity index (χ2n) is 0.781. The van der Waals surface area contributed by atoms with Gasteiger partial charge in [-0.05, 0) is 13.8 Å². The van der Waals surface area contributed by atoms with Gasteiger partial charge in [-0.2, -0.15) is 0 Å². The normalized spacial score (nSPS) is 4.67. The maximum atomic E-state index is 4.83. The summed E-state index contributed by atoms with van der Waals surface area (Å²) in [7, 11) is 0. The van der Waals surface area contributed by atoms with E-state index < -0.39 is 0 Å². The first kappa shape index (κ1) is 34.7. The molecule has 0 aromatic heterocycles. The van der Waals surface area contributed by atoms with Gasteiger partial charge >= 0.3 is 17.4 Å². The zero-order chi connectivity index (χ0) is 4.12. The van der Waals surface area contributed by atoms with Crippen LogP contribution in [0.15, 0.2) is 0 Å². The summed E-state index contributed by atoms with van der Waals surface area (Å²) in [6.07, 6.45) is 0. The number of hydrogen-bond donors (Lipinski definition) is 0. The minimum Gasteiger partial charge on any atom is -1.00 e. The molecule has 0 N–H and O–H groups in total. The molecule has 0 unspecified atom stereocenters. The molecule has 56 valence electrons. The van der Waals surface area contributed by atoms with Gasteiger partial charge in [0.05, 0.1) is 0 Å². The van der Waals surface area contributed by atoms with Gasteiger partial charge in [0.1, 0.15) is 0 Å². The van der Waals surface area contributed by atoms with Crippen LogP contribution < -0.4 is 14.1 Å². The van der Waals surface area contributed by atoms with Gasteiger partial charge < -0.3 is 18.9 Å². The zero-order valence-electron chi connectivity index (χ0n) is 5.53. The fourth-order valence-corrected chi connectivity index (χ4v) is 0.204. The summed E-state index contributed by atoms with van der Waals surface area (Å²) in [6.45, 7) is 5.67. The van der Waals surface area contributed by atoms with Crippen LogP contribution in [0.2, 0.25) is 0 Å². The van der Waals surface area contributed by atoms with Gasteiger partial charge in [-0.1, -0.05) is 0 Å². The molecular weight excluding hydrogens is 148 g/mol. The van der Waals surface area contributed by atoms with E-state index >= 15 is 0 Å². The summed E-state index contributed by atoms with van der Waals surface area (Å²) >= 11 is 0. The van der Waals surface area contributed by atoms with Crippen molar-refractivity contribution >= 4 is 17.4 Å². The van der Waals surface area contributed by atoms with Gasteiger partial charge in [0.25, 0.3) is 0 Å². The van der Waals surface area contributed by atoms with Crippen molar-refractivity contribution in [2.45, 2.75) is 13.8 Å². The minimum atomic E-state index is 0. The van der Waals surface area contributed by atoms with E-state index in [4.69, 9.17) is 4.74 Å². The van der Waals surface area contributed by atoms with Crippen LogP contribution in [0.25, 0.3) is 0 Å². The van der Waals surface area contributed by atoms with Gasteiger partial charge in [0.2, 0.25) is 0 Å². The Bertz CT molecular complexity index is 23.3. The van der Waals surface area contributed by atoms with Crippen molar-refractivity contribution in [3.63, 3.8) is 0 Å². The van der Waals surface area contributed by atoms with Crippen LogP contribution in [0.3, 0.4) is 0 Å². The van der Waals surface area contributed by atoms with E-state index in [1.165, 1.54) is 0 Å². The van der Waals surface area contributed by atoms with E-state index in [9.17, 15) is 0 Å². The topological polar surface area (TPSA) is 9.23 Å². The Labute approximate surface area is 64.0 Å². The fraction of sp³-hybridized carbons (Fsp3) is 1.00. The van der Waals surface area contributed by atoms with E-state index in [1.807, 2.05) is 13.8 Å². The molecule has 0 bridgehead atoms. The number of hydrogen-bond acceptors (Lipinski definition) is 1. The molecule has 0 atom stereocenters. The third-order valence-electron chi connectivity index (χ3n) is 0.408. The van der Waals surface area contributed by atoms with Crippen LogP contribution in [0.5, 0.6) is 0 Å². The van der Waals surface area contributed by atoms with Gasteiger partial charge in [0, 0.05) is 13.2 Å². The Balaban J connectivity index is -0.0000000133. The van der Waals surface area contributed by atoms with Crippen LogP contribution in [0, 0.1) is 0 Å². The molecular formula is C4H10AlF3O. The van der Waals surface area contributed by atoms with E-state index in [0.717, 1.165) is 13.2 Å². The largest absolute Gasteiger partial charge is 3.00 e. The Kier molecular flexibility index (Phi) is 157. The molecule has 0 amide bonds. The van der Waals surface area contributed by atoms with E-state index in [1.54, 1.807) is 0 Å². The van der Waals surface area contributed by atoms with Crippen molar-refractivity contribution < 1.29 is 18.9 Å². The maximum Gasteiger partial charge on any atom is 3.00 e. The van der Waals surface area contributed by atoms with Crippen LogP contribution in [-0.4, -0.2) is 30.6 Å². The molecule has 0 aromatic rings. The first-order valence-corrected chi connectivity index (χ1v) is 1.99. The summed E-state index contributed by atoms with van der Waals surface area (Å²) in [5, 5.41) is 0. The van der Waals surface area contributed by atoms with Crippen molar-refractivity contribution in [2.24, 2.45) is 0 Å². The molecule has 0 aliphatic rings. The van der Waals surface area contributed by atoms with Crippen LogP contribution in [0.1, 0.15) is 13.8 Å². The van der Waals surface area contributed by atoms with Gasteiger partial charge in [-0.15, -0.1) is 0 Å². The Morgan fingerprint density at radius 2 is 1.11 bits per heavy atom. The molecule has 0 fully saturated rings. The van der Waals surface area contributed by atoms with Crippen molar-refractivity contribution in [3.05, 3.63) is 0 Å². The predicted molar refractivity (Wildman–Crippen MR) is 27.9 cm³/mol. The molecule has 5 heteroatoms. The van der Waals surface area contributed by atoms with Gasteiger partial charge in [0.15, 0.2) is 0 Å². The van der Waals surface area contributed by atoms with Crippen molar-refractivity contribution in [2.75, 3.05) is 13.2 Å². The van der Waals surface area contributed by atoms with Gasteiger partial charge in [-0.25, -0.2) is 0 Å². The Hall–Kier alpha value is 0.282. The number of halogens is 3. The van der Waals surface area contributed by atoms with Crippen molar-refractivity contribution in [1.82, 2.24) is 0 Å². The molecule has 0 aliphatic carbocycles. The first-order chi connectivity index (χ1) is 2.41. The Morgan fingerprint density at radius 3 is 1.11 bits per heavy atom. The van der Waals surface area contributed by atoms with Crippen LogP contribution in [-0.2, 0) is 4.74 Å². The summed E-state index contributed by atoms with van der Waals surface area (Å²) in [4.78, 5) is 0. The van der Waals surface area contributed by atoms with E-state index in [2.05, 4.69) is 0 Å². The molecule has 9 heavy (non-hydrogen) atoms. The number of ether oxygens (including phenoxy) is 1. The van der Waals surface area contributed by atoms with Crippen LogP contribution in [0.4, 0.5) is 0 Å². The average molecular weight is 158 g/mol. The molecule has 0 rings (SSSR count). The average Bonchev–Trinajstić information content (AvgIpc) is 1.41. The Morgan fingerprint density at radius 1 is 0.889 bits per heavy atom. The summed E-state index contributed by atoms with van der Waals surface area (Å²) < 4.78 is 4.83. The van der Waals surface area contributed by atoms with Crippen molar-refractivity contribution in [1.29, 1.82) is 0 Å². The fourth-order valence-electron chi connectivity index (χ4n) is 0.204. The maximum absolute atomic E-state index is 4.83. The zero-order valence-corrected chi connectivity index (χ0v) is 6.69. The summed E-state index contributed by atoms with van der Waals surface area (Å²) in [6, 6.07) is 0. The second kappa shape index (κ2) is 40.8. The van der Waals surface area contributed by atoms with Gasteiger partial charge in [-0.3, -0.25) is 0 Å². The third-order valence-corrected chi connectivity index (χ3v) is 0.408. The number of rotatable bonds is 2. The predicted octanol–water partition coefficient (Wildman–Crippen LogP) is -8.33. The monoisotopic (exact) mass is 158 g/mol. The minimum absolute atomic E-state index is 0. The molecule has 0 spiro atoms. The smallest absolute Gasteiger partial charge is 1.00 e. The second-order valence-corrected chi connectivity index (χ2v) is 0.781. The quantitative estimate of drug-likeness (QED) is 0.363. The van der Waals surface area contributed by atoms with E-state index in [-0.39, 0.29) is 31.5 Å². The SMILES string of the molecule is CCOCC.[Al+3].[F-].[F-].[F-]. The third kappa shape index (κ3) is 62.7. The summed E-state index contributed by atoms with van der Waals surface area (Å²) in [5.74, 6) is 0. The standard InChI is InChI=1S/C4H10O.Al.3FH/c1-3-5-4-2;;;;/h3-4H2,1-2H3;;3*1H/q;+3;;;/p-3. The molecule has 0 saturated carbocycles. The van der Waals surface area contributed by atoms with E-state index in [0.29, 0.717) is 0 Å². The van der Waals surface area contributed by atoms with Crippen molar-refractivity contribution in [3.8, 4) is 0 Å². The molecule has 0 radical (unpaired) electrons. The summed E-state index contributed by atoms with van der Waals surface area (Å²) in [5.41, 5.74) is 0. The molecule has 1 nitrogen and oxygen atoms in total.